The van der Waals surface area contributed by atoms with Crippen LogP contribution in [0.1, 0.15) is 24.5 Å². The van der Waals surface area contributed by atoms with Gasteiger partial charge in [0.2, 0.25) is 0 Å². The second-order valence-corrected chi connectivity index (χ2v) is 5.20. The molecule has 1 aromatic rings. The van der Waals surface area contributed by atoms with Crippen LogP contribution < -0.4 is 0 Å². The van der Waals surface area contributed by atoms with Gasteiger partial charge in [-0.05, 0) is 49.5 Å². The number of piperidine rings is 1. The summed E-state index contributed by atoms with van der Waals surface area (Å²) in [6, 6.07) is 9.56. The summed E-state index contributed by atoms with van der Waals surface area (Å²) in [6.45, 7) is 2.27. The predicted molar refractivity (Wildman–Crippen MR) is 71.2 cm³/mol. The SMILES string of the molecule is N#CCN1CCC(C(O)c2ccc(Cl)cc2)CC1. The number of benzene rings is 1. The summed E-state index contributed by atoms with van der Waals surface area (Å²) < 4.78 is 0. The summed E-state index contributed by atoms with van der Waals surface area (Å²) in [5, 5.41) is 19.7. The number of aliphatic hydroxyl groups excluding tert-OH is 1. The van der Waals surface area contributed by atoms with E-state index in [-0.39, 0.29) is 5.92 Å². The first-order valence-electron chi connectivity index (χ1n) is 6.23. The maximum Gasteiger partial charge on any atom is 0.0865 e. The molecule has 0 spiro atoms. The van der Waals surface area contributed by atoms with Gasteiger partial charge in [0.25, 0.3) is 0 Å². The average molecular weight is 265 g/mol. The average Bonchev–Trinajstić information content (AvgIpc) is 2.40. The van der Waals surface area contributed by atoms with Crippen LogP contribution in [0.15, 0.2) is 24.3 Å². The number of halogens is 1. The lowest BCUT2D eigenvalue weighted by Crippen LogP contribution is -2.35. The van der Waals surface area contributed by atoms with Crippen LogP contribution in [-0.2, 0) is 0 Å². The second-order valence-electron chi connectivity index (χ2n) is 4.77. The molecule has 1 aromatic carbocycles. The molecule has 1 atom stereocenters. The van der Waals surface area contributed by atoms with Gasteiger partial charge in [0.05, 0.1) is 18.7 Å². The van der Waals surface area contributed by atoms with Crippen LogP contribution in [0.5, 0.6) is 0 Å². The minimum atomic E-state index is -0.425. The summed E-state index contributed by atoms with van der Waals surface area (Å²) in [5.41, 5.74) is 0.929. The van der Waals surface area contributed by atoms with Gasteiger partial charge >= 0.3 is 0 Å². The Morgan fingerprint density at radius 2 is 1.94 bits per heavy atom. The molecule has 1 aliphatic rings. The normalized spacial score (nSPS) is 19.4. The molecule has 1 fully saturated rings. The van der Waals surface area contributed by atoms with Crippen LogP contribution in [0, 0.1) is 17.2 Å². The molecule has 18 heavy (non-hydrogen) atoms. The van der Waals surface area contributed by atoms with Crippen molar-refractivity contribution in [3.8, 4) is 6.07 Å². The van der Waals surface area contributed by atoms with Gasteiger partial charge in [0.15, 0.2) is 0 Å². The van der Waals surface area contributed by atoms with E-state index in [9.17, 15) is 5.11 Å². The number of nitrogens with zero attached hydrogens (tertiary/aromatic N) is 2. The Bertz CT molecular complexity index is 418. The molecular formula is C14H17ClN2O. The van der Waals surface area contributed by atoms with Gasteiger partial charge in [0.1, 0.15) is 0 Å². The molecular weight excluding hydrogens is 248 g/mol. The first-order valence-corrected chi connectivity index (χ1v) is 6.61. The number of rotatable bonds is 3. The van der Waals surface area contributed by atoms with E-state index in [2.05, 4.69) is 11.0 Å². The van der Waals surface area contributed by atoms with Crippen molar-refractivity contribution in [2.75, 3.05) is 19.6 Å². The first-order chi connectivity index (χ1) is 8.70. The van der Waals surface area contributed by atoms with Crippen LogP contribution in [0.4, 0.5) is 0 Å². The zero-order chi connectivity index (χ0) is 13.0. The fraction of sp³-hybridized carbons (Fsp3) is 0.500. The third-order valence-corrected chi connectivity index (χ3v) is 3.84. The van der Waals surface area contributed by atoms with E-state index < -0.39 is 6.10 Å². The zero-order valence-corrected chi connectivity index (χ0v) is 11.0. The van der Waals surface area contributed by atoms with Gasteiger partial charge in [-0.1, -0.05) is 23.7 Å². The molecule has 1 N–H and O–H groups in total. The quantitative estimate of drug-likeness (QED) is 0.854. The molecule has 0 bridgehead atoms. The fourth-order valence-electron chi connectivity index (χ4n) is 2.46. The molecule has 0 aliphatic carbocycles. The van der Waals surface area contributed by atoms with Crippen LogP contribution >= 0.6 is 11.6 Å². The summed E-state index contributed by atoms with van der Waals surface area (Å²) in [6.07, 6.45) is 1.45. The molecule has 96 valence electrons. The number of hydrogen-bond donors (Lipinski definition) is 1. The number of aliphatic hydroxyl groups is 1. The molecule has 0 saturated carbocycles. The van der Waals surface area contributed by atoms with E-state index in [1.54, 1.807) is 0 Å². The van der Waals surface area contributed by atoms with Gasteiger partial charge < -0.3 is 5.11 Å². The van der Waals surface area contributed by atoms with Crippen LogP contribution in [0.2, 0.25) is 5.02 Å². The molecule has 0 amide bonds. The lowest BCUT2D eigenvalue weighted by atomic mass is 9.87. The molecule has 0 aromatic heterocycles. The maximum absolute atomic E-state index is 10.3. The Morgan fingerprint density at radius 3 is 2.50 bits per heavy atom. The van der Waals surface area contributed by atoms with Gasteiger partial charge in [-0.15, -0.1) is 0 Å². The second kappa shape index (κ2) is 6.19. The fourth-order valence-corrected chi connectivity index (χ4v) is 2.58. The van der Waals surface area contributed by atoms with Gasteiger partial charge in [0, 0.05) is 5.02 Å². The van der Waals surface area contributed by atoms with Crippen molar-refractivity contribution in [3.05, 3.63) is 34.9 Å². The van der Waals surface area contributed by atoms with Crippen molar-refractivity contribution in [1.82, 2.24) is 4.90 Å². The zero-order valence-electron chi connectivity index (χ0n) is 10.2. The Labute approximate surface area is 113 Å². The Hall–Kier alpha value is -1.08. The molecule has 2 rings (SSSR count). The highest BCUT2D eigenvalue weighted by Crippen LogP contribution is 2.31. The molecule has 1 aliphatic heterocycles. The lowest BCUT2D eigenvalue weighted by molar-refractivity contribution is 0.0625. The van der Waals surface area contributed by atoms with E-state index in [0.717, 1.165) is 31.5 Å². The van der Waals surface area contributed by atoms with Crippen molar-refractivity contribution in [3.63, 3.8) is 0 Å². The number of nitriles is 1. The van der Waals surface area contributed by atoms with Crippen LogP contribution in [0.3, 0.4) is 0 Å². The van der Waals surface area contributed by atoms with Crippen molar-refractivity contribution >= 4 is 11.6 Å². The van der Waals surface area contributed by atoms with E-state index in [4.69, 9.17) is 16.9 Å². The van der Waals surface area contributed by atoms with E-state index in [0.29, 0.717) is 11.6 Å². The van der Waals surface area contributed by atoms with Gasteiger partial charge in [-0.2, -0.15) is 5.26 Å². The molecule has 4 heteroatoms. The van der Waals surface area contributed by atoms with E-state index in [1.165, 1.54) is 0 Å². The maximum atomic E-state index is 10.3. The Kier molecular flexibility index (Phi) is 4.60. The number of likely N-dealkylation sites (tertiary alicyclic amines) is 1. The van der Waals surface area contributed by atoms with Gasteiger partial charge in [-0.25, -0.2) is 0 Å². The topological polar surface area (TPSA) is 47.3 Å². The Morgan fingerprint density at radius 1 is 1.33 bits per heavy atom. The summed E-state index contributed by atoms with van der Waals surface area (Å²) in [4.78, 5) is 2.13. The predicted octanol–water partition coefficient (Wildman–Crippen LogP) is 2.61. The Balaban J connectivity index is 1.93. The molecule has 1 saturated heterocycles. The van der Waals surface area contributed by atoms with E-state index in [1.807, 2.05) is 24.3 Å². The van der Waals surface area contributed by atoms with Crippen molar-refractivity contribution in [1.29, 1.82) is 5.26 Å². The molecule has 3 nitrogen and oxygen atoms in total. The van der Waals surface area contributed by atoms with Crippen LogP contribution in [-0.4, -0.2) is 29.6 Å². The number of hydrogen-bond acceptors (Lipinski definition) is 3. The minimum absolute atomic E-state index is 0.279. The third-order valence-electron chi connectivity index (χ3n) is 3.58. The smallest absolute Gasteiger partial charge is 0.0865 e. The van der Waals surface area contributed by atoms with Crippen molar-refractivity contribution < 1.29 is 5.11 Å². The molecule has 1 unspecified atom stereocenters. The highest BCUT2D eigenvalue weighted by molar-refractivity contribution is 6.30. The van der Waals surface area contributed by atoms with Crippen molar-refractivity contribution in [2.24, 2.45) is 5.92 Å². The minimum Gasteiger partial charge on any atom is -0.388 e. The summed E-state index contributed by atoms with van der Waals surface area (Å²) >= 11 is 5.84. The third kappa shape index (κ3) is 3.23. The van der Waals surface area contributed by atoms with Crippen molar-refractivity contribution in [2.45, 2.75) is 18.9 Å². The summed E-state index contributed by atoms with van der Waals surface area (Å²) in [7, 11) is 0. The van der Waals surface area contributed by atoms with E-state index >= 15 is 0 Å². The summed E-state index contributed by atoms with van der Waals surface area (Å²) in [5.74, 6) is 0.279. The molecule has 0 radical (unpaired) electrons. The largest absolute Gasteiger partial charge is 0.388 e. The lowest BCUT2D eigenvalue weighted by Gasteiger charge is -2.33. The highest BCUT2D eigenvalue weighted by Gasteiger charge is 2.25. The van der Waals surface area contributed by atoms with Gasteiger partial charge in [-0.3, -0.25) is 4.90 Å². The first kappa shape index (κ1) is 13.4. The van der Waals surface area contributed by atoms with Crippen LogP contribution in [0.25, 0.3) is 0 Å². The highest BCUT2D eigenvalue weighted by atomic mass is 35.5. The monoisotopic (exact) mass is 264 g/mol. The molecule has 1 heterocycles. The standard InChI is InChI=1S/C14H17ClN2O/c15-13-3-1-11(2-4-13)14(18)12-5-8-17(9-6-12)10-7-16/h1-4,12,14,18H,5-6,8-10H2.